The Hall–Kier alpha value is -1.94. The first-order valence-electron chi connectivity index (χ1n) is 6.11. The molecule has 0 saturated heterocycles. The van der Waals surface area contributed by atoms with Crippen molar-refractivity contribution in [3.8, 4) is 5.75 Å². The number of rotatable bonds is 1. The molecule has 2 aromatic rings. The SMILES string of the molecule is N[C@@H]1CC(c2ccc(F)cc2F)Oc2ccccc21. The van der Waals surface area contributed by atoms with Crippen molar-refractivity contribution in [2.45, 2.75) is 18.6 Å². The van der Waals surface area contributed by atoms with Crippen LogP contribution in [0.2, 0.25) is 0 Å². The molecule has 2 atom stereocenters. The molecule has 0 fully saturated rings. The topological polar surface area (TPSA) is 35.2 Å². The minimum Gasteiger partial charge on any atom is -0.485 e. The number of halogens is 2. The first-order valence-corrected chi connectivity index (χ1v) is 6.11. The smallest absolute Gasteiger partial charge is 0.133 e. The van der Waals surface area contributed by atoms with E-state index < -0.39 is 17.7 Å². The summed E-state index contributed by atoms with van der Waals surface area (Å²) in [6, 6.07) is 10.7. The average molecular weight is 261 g/mol. The lowest BCUT2D eigenvalue weighted by molar-refractivity contribution is 0.157. The van der Waals surface area contributed by atoms with Gasteiger partial charge in [-0.1, -0.05) is 18.2 Å². The molecule has 1 heterocycles. The van der Waals surface area contributed by atoms with Crippen molar-refractivity contribution in [1.82, 2.24) is 0 Å². The van der Waals surface area contributed by atoms with E-state index >= 15 is 0 Å². The van der Waals surface area contributed by atoms with Crippen molar-refractivity contribution in [2.75, 3.05) is 0 Å². The summed E-state index contributed by atoms with van der Waals surface area (Å²) in [5.74, 6) is -0.534. The van der Waals surface area contributed by atoms with Crippen molar-refractivity contribution in [3.05, 3.63) is 65.2 Å². The summed E-state index contributed by atoms with van der Waals surface area (Å²) in [6.45, 7) is 0. The van der Waals surface area contributed by atoms with Crippen LogP contribution in [0.4, 0.5) is 8.78 Å². The molecule has 0 radical (unpaired) electrons. The maximum absolute atomic E-state index is 13.8. The fourth-order valence-corrected chi connectivity index (χ4v) is 2.41. The first-order chi connectivity index (χ1) is 9.15. The van der Waals surface area contributed by atoms with Crippen LogP contribution in [0.5, 0.6) is 5.75 Å². The second-order valence-electron chi connectivity index (χ2n) is 4.65. The molecule has 0 aliphatic carbocycles. The highest BCUT2D eigenvalue weighted by Crippen LogP contribution is 2.39. The van der Waals surface area contributed by atoms with Gasteiger partial charge in [0.25, 0.3) is 0 Å². The summed E-state index contributed by atoms with van der Waals surface area (Å²) in [4.78, 5) is 0. The number of hydrogen-bond donors (Lipinski definition) is 1. The van der Waals surface area contributed by atoms with E-state index in [0.29, 0.717) is 17.7 Å². The van der Waals surface area contributed by atoms with E-state index in [4.69, 9.17) is 10.5 Å². The van der Waals surface area contributed by atoms with Crippen LogP contribution in [0.15, 0.2) is 42.5 Å². The molecule has 0 bridgehead atoms. The molecule has 0 aromatic heterocycles. The molecule has 1 aliphatic rings. The van der Waals surface area contributed by atoms with E-state index in [2.05, 4.69) is 0 Å². The second kappa shape index (κ2) is 4.63. The Morgan fingerprint density at radius 2 is 1.84 bits per heavy atom. The number of benzene rings is 2. The summed E-state index contributed by atoms with van der Waals surface area (Å²) < 4.78 is 32.5. The van der Waals surface area contributed by atoms with E-state index in [0.717, 1.165) is 11.6 Å². The summed E-state index contributed by atoms with van der Waals surface area (Å²) in [5, 5.41) is 0. The van der Waals surface area contributed by atoms with Crippen LogP contribution >= 0.6 is 0 Å². The van der Waals surface area contributed by atoms with E-state index in [9.17, 15) is 8.78 Å². The predicted molar refractivity (Wildman–Crippen MR) is 67.7 cm³/mol. The van der Waals surface area contributed by atoms with Gasteiger partial charge in [-0.15, -0.1) is 0 Å². The van der Waals surface area contributed by atoms with Crippen molar-refractivity contribution in [3.63, 3.8) is 0 Å². The summed E-state index contributed by atoms with van der Waals surface area (Å²) >= 11 is 0. The summed E-state index contributed by atoms with van der Waals surface area (Å²) in [5.41, 5.74) is 7.33. The van der Waals surface area contributed by atoms with E-state index in [1.807, 2.05) is 24.3 Å². The normalized spacial score (nSPS) is 21.6. The molecule has 3 rings (SSSR count). The zero-order chi connectivity index (χ0) is 13.4. The fourth-order valence-electron chi connectivity index (χ4n) is 2.41. The van der Waals surface area contributed by atoms with Gasteiger partial charge in [-0.2, -0.15) is 0 Å². The third-order valence-electron chi connectivity index (χ3n) is 3.37. The van der Waals surface area contributed by atoms with E-state index in [1.54, 1.807) is 0 Å². The van der Waals surface area contributed by atoms with Crippen molar-refractivity contribution >= 4 is 0 Å². The van der Waals surface area contributed by atoms with Crippen molar-refractivity contribution < 1.29 is 13.5 Å². The van der Waals surface area contributed by atoms with Gasteiger partial charge in [0.1, 0.15) is 23.5 Å². The van der Waals surface area contributed by atoms with Gasteiger partial charge in [0, 0.05) is 29.7 Å². The molecule has 2 aromatic carbocycles. The third-order valence-corrected chi connectivity index (χ3v) is 3.37. The van der Waals surface area contributed by atoms with Gasteiger partial charge >= 0.3 is 0 Å². The van der Waals surface area contributed by atoms with Crippen LogP contribution in [0, 0.1) is 11.6 Å². The minimum absolute atomic E-state index is 0.209. The molecule has 2 N–H and O–H groups in total. The van der Waals surface area contributed by atoms with Crippen LogP contribution in [0.3, 0.4) is 0 Å². The number of para-hydroxylation sites is 1. The van der Waals surface area contributed by atoms with Gasteiger partial charge in [-0.05, 0) is 18.2 Å². The fraction of sp³-hybridized carbons (Fsp3) is 0.200. The molecule has 98 valence electrons. The van der Waals surface area contributed by atoms with E-state index in [1.165, 1.54) is 12.1 Å². The lowest BCUT2D eigenvalue weighted by atomic mass is 9.93. The van der Waals surface area contributed by atoms with Crippen LogP contribution < -0.4 is 10.5 Å². The monoisotopic (exact) mass is 261 g/mol. The average Bonchev–Trinajstić information content (AvgIpc) is 2.38. The van der Waals surface area contributed by atoms with Crippen LogP contribution in [-0.4, -0.2) is 0 Å². The molecular formula is C15H13F2NO. The molecule has 0 saturated carbocycles. The highest BCUT2D eigenvalue weighted by Gasteiger charge is 2.28. The summed E-state index contributed by atoms with van der Waals surface area (Å²) in [7, 11) is 0. The lowest BCUT2D eigenvalue weighted by Crippen LogP contribution is -2.24. The van der Waals surface area contributed by atoms with Crippen molar-refractivity contribution in [1.29, 1.82) is 0 Å². The van der Waals surface area contributed by atoms with Gasteiger partial charge < -0.3 is 10.5 Å². The predicted octanol–water partition coefficient (Wildman–Crippen LogP) is 3.49. The lowest BCUT2D eigenvalue weighted by Gasteiger charge is -2.30. The minimum atomic E-state index is -0.600. The van der Waals surface area contributed by atoms with E-state index in [-0.39, 0.29) is 6.04 Å². The Kier molecular flexibility index (Phi) is 2.95. The number of hydrogen-bond acceptors (Lipinski definition) is 2. The molecule has 1 unspecified atom stereocenters. The van der Waals surface area contributed by atoms with Crippen LogP contribution in [0.1, 0.15) is 29.7 Å². The van der Waals surface area contributed by atoms with Gasteiger partial charge in [0.15, 0.2) is 0 Å². The number of ether oxygens (including phenoxy) is 1. The summed E-state index contributed by atoms with van der Waals surface area (Å²) in [6.07, 6.45) is -0.00923. The molecule has 1 aliphatic heterocycles. The Morgan fingerprint density at radius 3 is 2.63 bits per heavy atom. The Bertz CT molecular complexity index is 615. The maximum atomic E-state index is 13.8. The van der Waals surface area contributed by atoms with Gasteiger partial charge in [0.05, 0.1) is 0 Å². The van der Waals surface area contributed by atoms with Gasteiger partial charge in [-0.3, -0.25) is 0 Å². The molecular weight excluding hydrogens is 248 g/mol. The molecule has 4 heteroatoms. The first kappa shape index (κ1) is 12.1. The van der Waals surface area contributed by atoms with Crippen LogP contribution in [-0.2, 0) is 0 Å². The molecule has 0 spiro atoms. The quantitative estimate of drug-likeness (QED) is 0.852. The Morgan fingerprint density at radius 1 is 1.05 bits per heavy atom. The molecule has 2 nitrogen and oxygen atoms in total. The molecule has 0 amide bonds. The van der Waals surface area contributed by atoms with Crippen LogP contribution in [0.25, 0.3) is 0 Å². The number of nitrogens with two attached hydrogens (primary N) is 1. The highest BCUT2D eigenvalue weighted by molar-refractivity contribution is 5.39. The number of fused-ring (bicyclic) bond motifs is 1. The van der Waals surface area contributed by atoms with Gasteiger partial charge in [0.2, 0.25) is 0 Å². The Labute approximate surface area is 109 Å². The standard InChI is InChI=1S/C15H13F2NO/c16-9-5-6-10(12(17)7-9)15-8-13(18)11-3-1-2-4-14(11)19-15/h1-7,13,15H,8,18H2/t13-,15?/m1/s1. The highest BCUT2D eigenvalue weighted by atomic mass is 19.1. The maximum Gasteiger partial charge on any atom is 0.133 e. The van der Waals surface area contributed by atoms with Crippen molar-refractivity contribution in [2.24, 2.45) is 5.73 Å². The third kappa shape index (κ3) is 2.19. The molecule has 19 heavy (non-hydrogen) atoms. The Balaban J connectivity index is 1.97. The second-order valence-corrected chi connectivity index (χ2v) is 4.65. The van der Waals surface area contributed by atoms with Gasteiger partial charge in [-0.25, -0.2) is 8.78 Å². The zero-order valence-electron chi connectivity index (χ0n) is 10.1. The zero-order valence-corrected chi connectivity index (χ0v) is 10.1. The largest absolute Gasteiger partial charge is 0.485 e.